The SMILES string of the molecule is Nc1ccc(NCc2cccnc2)cc1F. The summed E-state index contributed by atoms with van der Waals surface area (Å²) >= 11 is 0. The fraction of sp³-hybridized carbons (Fsp3) is 0.0833. The lowest BCUT2D eigenvalue weighted by Crippen LogP contribution is -2.00. The lowest BCUT2D eigenvalue weighted by atomic mass is 10.2. The number of benzene rings is 1. The van der Waals surface area contributed by atoms with Crippen LogP contribution in [0, 0.1) is 5.82 Å². The molecule has 0 aliphatic heterocycles. The molecule has 3 N–H and O–H groups in total. The van der Waals surface area contributed by atoms with Crippen molar-refractivity contribution in [2.75, 3.05) is 11.1 Å². The maximum atomic E-state index is 13.1. The Morgan fingerprint density at radius 3 is 2.88 bits per heavy atom. The van der Waals surface area contributed by atoms with Gasteiger partial charge in [-0.05, 0) is 29.8 Å². The lowest BCUT2D eigenvalue weighted by molar-refractivity contribution is 0.633. The van der Waals surface area contributed by atoms with E-state index in [9.17, 15) is 4.39 Å². The van der Waals surface area contributed by atoms with Gasteiger partial charge in [-0.15, -0.1) is 0 Å². The second kappa shape index (κ2) is 4.61. The van der Waals surface area contributed by atoms with E-state index in [1.165, 1.54) is 6.07 Å². The molecular weight excluding hydrogens is 205 g/mol. The summed E-state index contributed by atoms with van der Waals surface area (Å²) in [5.74, 6) is -0.406. The number of pyridine rings is 1. The van der Waals surface area contributed by atoms with Gasteiger partial charge >= 0.3 is 0 Å². The first kappa shape index (κ1) is 10.4. The van der Waals surface area contributed by atoms with E-state index in [2.05, 4.69) is 10.3 Å². The number of halogens is 1. The van der Waals surface area contributed by atoms with Crippen LogP contribution in [-0.4, -0.2) is 4.98 Å². The van der Waals surface area contributed by atoms with E-state index < -0.39 is 5.82 Å². The second-order valence-electron chi connectivity index (χ2n) is 3.45. The van der Waals surface area contributed by atoms with E-state index in [1.807, 2.05) is 12.1 Å². The van der Waals surface area contributed by atoms with Gasteiger partial charge in [0.15, 0.2) is 0 Å². The molecule has 4 heteroatoms. The zero-order valence-electron chi connectivity index (χ0n) is 8.65. The first-order chi connectivity index (χ1) is 7.75. The van der Waals surface area contributed by atoms with Crippen molar-refractivity contribution in [3.63, 3.8) is 0 Å². The summed E-state index contributed by atoms with van der Waals surface area (Å²) < 4.78 is 13.1. The minimum atomic E-state index is -0.406. The van der Waals surface area contributed by atoms with Gasteiger partial charge in [0.05, 0.1) is 5.69 Å². The molecule has 1 aromatic carbocycles. The zero-order valence-corrected chi connectivity index (χ0v) is 8.65. The third-order valence-electron chi connectivity index (χ3n) is 2.22. The molecule has 0 aliphatic carbocycles. The molecule has 1 heterocycles. The molecule has 0 fully saturated rings. The van der Waals surface area contributed by atoms with Crippen LogP contribution in [0.1, 0.15) is 5.56 Å². The van der Waals surface area contributed by atoms with Crippen molar-refractivity contribution < 1.29 is 4.39 Å². The molecule has 0 unspecified atom stereocenters. The van der Waals surface area contributed by atoms with Crippen LogP contribution in [0.4, 0.5) is 15.8 Å². The van der Waals surface area contributed by atoms with E-state index >= 15 is 0 Å². The Bertz CT molecular complexity index is 471. The number of nitrogens with zero attached hydrogens (tertiary/aromatic N) is 1. The van der Waals surface area contributed by atoms with Gasteiger partial charge in [0, 0.05) is 24.6 Å². The quantitative estimate of drug-likeness (QED) is 0.776. The molecule has 0 saturated carbocycles. The maximum absolute atomic E-state index is 13.1. The number of hydrogen-bond acceptors (Lipinski definition) is 3. The van der Waals surface area contributed by atoms with Gasteiger partial charge in [-0.1, -0.05) is 6.07 Å². The molecule has 0 atom stereocenters. The van der Waals surface area contributed by atoms with Gasteiger partial charge in [-0.25, -0.2) is 4.39 Å². The van der Waals surface area contributed by atoms with Crippen LogP contribution in [0.3, 0.4) is 0 Å². The van der Waals surface area contributed by atoms with Crippen LogP contribution in [0.5, 0.6) is 0 Å². The molecule has 2 aromatic rings. The van der Waals surface area contributed by atoms with Gasteiger partial charge < -0.3 is 11.1 Å². The minimum Gasteiger partial charge on any atom is -0.396 e. The van der Waals surface area contributed by atoms with Crippen LogP contribution in [0.15, 0.2) is 42.7 Å². The Morgan fingerprint density at radius 2 is 2.19 bits per heavy atom. The predicted octanol–water partition coefficient (Wildman–Crippen LogP) is 2.42. The van der Waals surface area contributed by atoms with E-state index in [-0.39, 0.29) is 5.69 Å². The van der Waals surface area contributed by atoms with Crippen LogP contribution < -0.4 is 11.1 Å². The molecule has 0 saturated heterocycles. The summed E-state index contributed by atoms with van der Waals surface area (Å²) in [5.41, 5.74) is 7.29. The minimum absolute atomic E-state index is 0.159. The Balaban J connectivity index is 2.03. The van der Waals surface area contributed by atoms with Crippen molar-refractivity contribution in [1.82, 2.24) is 4.98 Å². The van der Waals surface area contributed by atoms with Gasteiger partial charge in [-0.2, -0.15) is 0 Å². The van der Waals surface area contributed by atoms with Gasteiger partial charge in [0.1, 0.15) is 5.82 Å². The number of aromatic nitrogens is 1. The summed E-state index contributed by atoms with van der Waals surface area (Å²) in [6.45, 7) is 0.608. The predicted molar refractivity (Wildman–Crippen MR) is 62.4 cm³/mol. The molecule has 82 valence electrons. The number of nitrogens with one attached hydrogen (secondary N) is 1. The molecule has 16 heavy (non-hydrogen) atoms. The smallest absolute Gasteiger partial charge is 0.148 e. The molecule has 1 aromatic heterocycles. The fourth-order valence-corrected chi connectivity index (χ4v) is 1.34. The van der Waals surface area contributed by atoms with Crippen molar-refractivity contribution in [2.45, 2.75) is 6.54 Å². The second-order valence-corrected chi connectivity index (χ2v) is 3.45. The van der Waals surface area contributed by atoms with E-state index in [1.54, 1.807) is 24.5 Å². The molecular formula is C12H12FN3. The van der Waals surface area contributed by atoms with Crippen LogP contribution in [0.25, 0.3) is 0 Å². The summed E-state index contributed by atoms with van der Waals surface area (Å²) in [5, 5.41) is 3.09. The monoisotopic (exact) mass is 217 g/mol. The largest absolute Gasteiger partial charge is 0.396 e. The van der Waals surface area contributed by atoms with E-state index in [0.717, 1.165) is 5.56 Å². The highest BCUT2D eigenvalue weighted by Crippen LogP contribution is 2.16. The van der Waals surface area contributed by atoms with Crippen molar-refractivity contribution in [3.8, 4) is 0 Å². The molecule has 0 aliphatic rings. The van der Waals surface area contributed by atoms with Crippen molar-refractivity contribution in [1.29, 1.82) is 0 Å². The highest BCUT2D eigenvalue weighted by atomic mass is 19.1. The molecule has 0 radical (unpaired) electrons. The summed E-state index contributed by atoms with van der Waals surface area (Å²) in [6.07, 6.45) is 3.48. The number of nitrogens with two attached hydrogens (primary N) is 1. The van der Waals surface area contributed by atoms with Gasteiger partial charge in [0.2, 0.25) is 0 Å². The highest BCUT2D eigenvalue weighted by molar-refractivity contribution is 5.52. The summed E-state index contributed by atoms with van der Waals surface area (Å²) in [7, 11) is 0. The fourth-order valence-electron chi connectivity index (χ4n) is 1.34. The third kappa shape index (κ3) is 2.48. The normalized spacial score (nSPS) is 10.1. The maximum Gasteiger partial charge on any atom is 0.148 e. The average molecular weight is 217 g/mol. The van der Waals surface area contributed by atoms with Crippen molar-refractivity contribution >= 4 is 11.4 Å². The lowest BCUT2D eigenvalue weighted by Gasteiger charge is -2.06. The average Bonchev–Trinajstić information content (AvgIpc) is 2.32. The first-order valence-corrected chi connectivity index (χ1v) is 4.93. The Kier molecular flexibility index (Phi) is 3.00. The Labute approximate surface area is 93.1 Å². The van der Waals surface area contributed by atoms with Crippen LogP contribution in [0.2, 0.25) is 0 Å². The third-order valence-corrected chi connectivity index (χ3v) is 2.22. The van der Waals surface area contributed by atoms with Crippen molar-refractivity contribution in [2.24, 2.45) is 0 Å². The molecule has 0 spiro atoms. The molecule has 2 rings (SSSR count). The standard InChI is InChI=1S/C12H12FN3/c13-11-6-10(3-4-12(11)14)16-8-9-2-1-5-15-7-9/h1-7,16H,8,14H2. The highest BCUT2D eigenvalue weighted by Gasteiger charge is 1.99. The Morgan fingerprint density at radius 1 is 1.31 bits per heavy atom. The summed E-state index contributed by atoms with van der Waals surface area (Å²) in [4.78, 5) is 3.99. The van der Waals surface area contributed by atoms with Crippen LogP contribution >= 0.6 is 0 Å². The van der Waals surface area contributed by atoms with Crippen molar-refractivity contribution in [3.05, 3.63) is 54.1 Å². The van der Waals surface area contributed by atoms with E-state index in [4.69, 9.17) is 5.73 Å². The summed E-state index contributed by atoms with van der Waals surface area (Å²) in [6, 6.07) is 8.48. The number of nitrogen functional groups attached to an aromatic ring is 1. The van der Waals surface area contributed by atoms with Gasteiger partial charge in [-0.3, -0.25) is 4.98 Å². The van der Waals surface area contributed by atoms with Gasteiger partial charge in [0.25, 0.3) is 0 Å². The Hall–Kier alpha value is -2.10. The topological polar surface area (TPSA) is 50.9 Å². The molecule has 0 amide bonds. The number of anilines is 2. The zero-order chi connectivity index (χ0) is 11.4. The van der Waals surface area contributed by atoms with Crippen LogP contribution in [-0.2, 0) is 6.54 Å². The number of rotatable bonds is 3. The first-order valence-electron chi connectivity index (χ1n) is 4.93. The van der Waals surface area contributed by atoms with E-state index in [0.29, 0.717) is 12.2 Å². The number of hydrogen-bond donors (Lipinski definition) is 2. The molecule has 3 nitrogen and oxygen atoms in total. The molecule has 0 bridgehead atoms.